The number of hydrogen-bond acceptors (Lipinski definition) is 7. The molecule has 0 bridgehead atoms. The zero-order valence-electron chi connectivity index (χ0n) is 19.7. The molecule has 1 aliphatic heterocycles. The average Bonchev–Trinajstić information content (AvgIpc) is 3.28. The summed E-state index contributed by atoms with van der Waals surface area (Å²) < 4.78 is 42.2. The average molecular weight is 481 g/mol. The summed E-state index contributed by atoms with van der Waals surface area (Å²) in [5.74, 6) is -0.575. The summed E-state index contributed by atoms with van der Waals surface area (Å²) in [4.78, 5) is 10.9. The van der Waals surface area contributed by atoms with Crippen molar-refractivity contribution in [3.05, 3.63) is 60.3 Å². The number of nitrogens with one attached hydrogen (secondary N) is 1. The summed E-state index contributed by atoms with van der Waals surface area (Å²) in [6.45, 7) is 8.06. The van der Waals surface area contributed by atoms with E-state index < -0.39 is 11.6 Å². The number of fused-ring (bicyclic) bond motifs is 1. The number of hydrogen-bond donors (Lipinski definition) is 1. The van der Waals surface area contributed by atoms with E-state index >= 15 is 0 Å². The molecule has 1 fully saturated rings. The highest BCUT2D eigenvalue weighted by Crippen LogP contribution is 2.34. The summed E-state index contributed by atoms with van der Waals surface area (Å²) in [5.41, 5.74) is 1.76. The molecule has 0 unspecified atom stereocenters. The second-order valence-electron chi connectivity index (χ2n) is 8.47. The van der Waals surface area contributed by atoms with Crippen molar-refractivity contribution in [3.8, 4) is 17.1 Å². The summed E-state index contributed by atoms with van der Waals surface area (Å²) in [5, 5.41) is 7.46. The molecule has 5 rings (SSSR count). The van der Waals surface area contributed by atoms with Crippen molar-refractivity contribution >= 4 is 23.0 Å². The zero-order chi connectivity index (χ0) is 24.5. The van der Waals surface area contributed by atoms with E-state index in [1.165, 1.54) is 22.7 Å². The van der Waals surface area contributed by atoms with Gasteiger partial charge in [0.25, 0.3) is 0 Å². The normalized spacial score (nSPS) is 18.1. The minimum absolute atomic E-state index is 0.0750. The molecular formula is C25H26F2N6O2. The van der Waals surface area contributed by atoms with Gasteiger partial charge in [0.05, 0.1) is 36.3 Å². The lowest BCUT2D eigenvalue weighted by Crippen LogP contribution is -2.45. The van der Waals surface area contributed by atoms with Crippen LogP contribution < -0.4 is 15.0 Å². The Labute approximate surface area is 201 Å². The number of morpholine rings is 1. The molecule has 1 saturated heterocycles. The highest BCUT2D eigenvalue weighted by Gasteiger charge is 2.25. The van der Waals surface area contributed by atoms with Crippen LogP contribution in [0, 0.1) is 11.6 Å². The van der Waals surface area contributed by atoms with E-state index in [0.717, 1.165) is 18.8 Å². The Kier molecular flexibility index (Phi) is 6.21. The van der Waals surface area contributed by atoms with Crippen molar-refractivity contribution < 1.29 is 18.3 Å². The molecule has 4 aromatic rings. The summed E-state index contributed by atoms with van der Waals surface area (Å²) >= 11 is 0. The van der Waals surface area contributed by atoms with E-state index in [1.54, 1.807) is 12.3 Å². The van der Waals surface area contributed by atoms with Crippen molar-refractivity contribution in [2.45, 2.75) is 33.0 Å². The highest BCUT2D eigenvalue weighted by molar-refractivity contribution is 5.69. The van der Waals surface area contributed by atoms with Crippen molar-refractivity contribution in [2.75, 3.05) is 29.9 Å². The maximum Gasteiger partial charge on any atom is 0.232 e. The molecular weight excluding hydrogens is 454 g/mol. The third kappa shape index (κ3) is 4.61. The van der Waals surface area contributed by atoms with Crippen LogP contribution in [0.25, 0.3) is 17.0 Å². The molecule has 3 heterocycles. The van der Waals surface area contributed by atoms with E-state index in [0.29, 0.717) is 23.7 Å². The van der Waals surface area contributed by atoms with Crippen molar-refractivity contribution in [2.24, 2.45) is 0 Å². The van der Waals surface area contributed by atoms with Gasteiger partial charge in [0.1, 0.15) is 17.4 Å². The second-order valence-corrected chi connectivity index (χ2v) is 8.47. The van der Waals surface area contributed by atoms with Gasteiger partial charge in [-0.15, -0.1) is 0 Å². The van der Waals surface area contributed by atoms with Crippen molar-refractivity contribution in [1.82, 2.24) is 19.6 Å². The van der Waals surface area contributed by atoms with Crippen LogP contribution in [0.15, 0.2) is 48.7 Å². The Morgan fingerprint density at radius 1 is 1.06 bits per heavy atom. The summed E-state index contributed by atoms with van der Waals surface area (Å²) in [6.07, 6.45) is 1.77. The molecule has 1 N–H and O–H groups in total. The van der Waals surface area contributed by atoms with Gasteiger partial charge in [0, 0.05) is 30.9 Å². The lowest BCUT2D eigenvalue weighted by molar-refractivity contribution is -0.00534. The monoisotopic (exact) mass is 480 g/mol. The molecule has 2 atom stereocenters. The van der Waals surface area contributed by atoms with Crippen molar-refractivity contribution in [1.29, 1.82) is 0 Å². The van der Waals surface area contributed by atoms with Gasteiger partial charge < -0.3 is 19.7 Å². The zero-order valence-corrected chi connectivity index (χ0v) is 19.7. The number of aromatic nitrogens is 4. The predicted molar refractivity (Wildman–Crippen MR) is 129 cm³/mol. The largest absolute Gasteiger partial charge is 0.492 e. The van der Waals surface area contributed by atoms with Gasteiger partial charge in [-0.1, -0.05) is 6.07 Å². The Morgan fingerprint density at radius 2 is 1.80 bits per heavy atom. The van der Waals surface area contributed by atoms with E-state index in [-0.39, 0.29) is 29.5 Å². The molecule has 8 nitrogen and oxygen atoms in total. The van der Waals surface area contributed by atoms with Gasteiger partial charge in [-0.2, -0.15) is 14.6 Å². The van der Waals surface area contributed by atoms with Crippen LogP contribution in [-0.2, 0) is 4.74 Å². The molecule has 10 heteroatoms. The Morgan fingerprint density at radius 3 is 2.51 bits per heavy atom. The molecule has 0 radical (unpaired) electrons. The third-order valence-corrected chi connectivity index (χ3v) is 5.72. The molecule has 2 aromatic carbocycles. The quantitative estimate of drug-likeness (QED) is 0.424. The third-order valence-electron chi connectivity index (χ3n) is 5.72. The molecule has 0 spiro atoms. The van der Waals surface area contributed by atoms with E-state index in [9.17, 15) is 8.78 Å². The first-order valence-electron chi connectivity index (χ1n) is 11.5. The topological polar surface area (TPSA) is 76.8 Å². The van der Waals surface area contributed by atoms with E-state index in [1.807, 2.05) is 25.1 Å². The lowest BCUT2D eigenvalue weighted by Gasteiger charge is -2.37. The number of anilines is 3. The standard InChI is InChI=1S/C25H26F2N6O2/c1-4-34-21-12-17(8-9-20(21)32-13-15(2)35-16(3)14-32)29-25-31-24(30-22-10-11-28-33(22)25)23-18(26)6-5-7-19(23)27/h5-12,15-16H,4,13-14H2,1-3H3,(H,29,30,31)/t15-,16+. The summed E-state index contributed by atoms with van der Waals surface area (Å²) in [6, 6.07) is 11.1. The molecule has 0 saturated carbocycles. The number of halogens is 2. The molecule has 182 valence electrons. The van der Waals surface area contributed by atoms with E-state index in [2.05, 4.69) is 39.1 Å². The minimum Gasteiger partial charge on any atom is -0.492 e. The molecule has 0 aliphatic carbocycles. The van der Waals surface area contributed by atoms with Crippen LogP contribution in [0.3, 0.4) is 0 Å². The first-order valence-corrected chi connectivity index (χ1v) is 11.5. The minimum atomic E-state index is -0.739. The van der Waals surface area contributed by atoms with Crippen LogP contribution in [0.2, 0.25) is 0 Å². The number of nitrogens with zero attached hydrogens (tertiary/aromatic N) is 5. The van der Waals surface area contributed by atoms with Gasteiger partial charge in [-0.25, -0.2) is 13.8 Å². The van der Waals surface area contributed by atoms with Crippen LogP contribution in [0.1, 0.15) is 20.8 Å². The maximum absolute atomic E-state index is 14.4. The highest BCUT2D eigenvalue weighted by atomic mass is 19.1. The number of benzene rings is 2. The maximum atomic E-state index is 14.4. The first kappa shape index (κ1) is 23.0. The molecule has 35 heavy (non-hydrogen) atoms. The van der Waals surface area contributed by atoms with Gasteiger partial charge in [-0.3, -0.25) is 0 Å². The number of ether oxygens (including phenoxy) is 2. The predicted octanol–water partition coefficient (Wildman–Crippen LogP) is 4.83. The SMILES string of the molecule is CCOc1cc(Nc2nc(-c3c(F)cccc3F)nc3ccnn23)ccc1N1C[C@@H](C)O[C@@H](C)C1. The fourth-order valence-corrected chi connectivity index (χ4v) is 4.36. The van der Waals surface area contributed by atoms with Gasteiger partial charge in [0.15, 0.2) is 11.5 Å². The first-order chi connectivity index (χ1) is 16.9. The Bertz CT molecular complexity index is 1330. The van der Waals surface area contributed by atoms with Crippen LogP contribution in [0.5, 0.6) is 5.75 Å². The van der Waals surface area contributed by atoms with Gasteiger partial charge in [0.2, 0.25) is 5.95 Å². The van der Waals surface area contributed by atoms with Crippen LogP contribution in [-0.4, -0.2) is 51.5 Å². The van der Waals surface area contributed by atoms with Crippen LogP contribution >= 0.6 is 0 Å². The molecule has 1 aliphatic rings. The Balaban J connectivity index is 1.52. The molecule has 2 aromatic heterocycles. The smallest absolute Gasteiger partial charge is 0.232 e. The molecule has 0 amide bonds. The summed E-state index contributed by atoms with van der Waals surface area (Å²) in [7, 11) is 0. The fraction of sp³-hybridized carbons (Fsp3) is 0.320. The van der Waals surface area contributed by atoms with Gasteiger partial charge in [-0.05, 0) is 45.0 Å². The van der Waals surface area contributed by atoms with Crippen LogP contribution in [0.4, 0.5) is 26.1 Å². The Hall–Kier alpha value is -3.79. The second kappa shape index (κ2) is 9.46. The van der Waals surface area contributed by atoms with Crippen molar-refractivity contribution in [3.63, 3.8) is 0 Å². The van der Waals surface area contributed by atoms with E-state index in [4.69, 9.17) is 9.47 Å². The lowest BCUT2D eigenvalue weighted by atomic mass is 10.1. The fourth-order valence-electron chi connectivity index (χ4n) is 4.36. The number of rotatable bonds is 6. The van der Waals surface area contributed by atoms with Gasteiger partial charge >= 0.3 is 0 Å².